The second-order valence-electron chi connectivity index (χ2n) is 4.76. The molecule has 0 fully saturated rings. The van der Waals surface area contributed by atoms with Gasteiger partial charge in [-0.15, -0.1) is 0 Å². The molecule has 0 saturated heterocycles. The van der Waals surface area contributed by atoms with Gasteiger partial charge in [0.15, 0.2) is 14.8 Å². The van der Waals surface area contributed by atoms with E-state index in [1.54, 1.807) is 11.8 Å². The fourth-order valence-electron chi connectivity index (χ4n) is 2.08. The summed E-state index contributed by atoms with van der Waals surface area (Å²) >= 11 is 8.30. The molecule has 0 amide bonds. The van der Waals surface area contributed by atoms with E-state index in [2.05, 4.69) is 16.9 Å². The third-order valence-corrected chi connectivity index (χ3v) is 5.49. The van der Waals surface area contributed by atoms with E-state index in [9.17, 15) is 4.79 Å². The normalized spacial score (nSPS) is 11.1. The summed E-state index contributed by atoms with van der Waals surface area (Å²) < 4.78 is 3.08. The molecule has 2 heterocycles. The number of benzene rings is 1. The average molecular weight is 350 g/mol. The standard InChI is InChI=1S/C15H15N3OS3/c1-2-3-9-21-14-16-12-11(13(19)17-14)22-15(20)18(12)10-7-5-4-6-8-10/h4-8H,2-3,9H2,1H3,(H,16,17,19). The Kier molecular flexibility index (Phi) is 4.75. The number of thiazole rings is 1. The fraction of sp³-hybridized carbons (Fsp3) is 0.267. The largest absolute Gasteiger partial charge is 0.300 e. The SMILES string of the molecule is CCCCSc1nc2c(sc(=S)n2-c2ccccc2)c(=O)[nH]1. The van der Waals surface area contributed by atoms with Crippen LogP contribution >= 0.6 is 35.3 Å². The minimum absolute atomic E-state index is 0.116. The van der Waals surface area contributed by atoms with Crippen LogP contribution in [0.1, 0.15) is 19.8 Å². The van der Waals surface area contributed by atoms with Crippen molar-refractivity contribution in [2.75, 3.05) is 5.75 Å². The Hall–Kier alpha value is -1.44. The molecule has 0 unspecified atom stereocenters. The molecule has 114 valence electrons. The molecular weight excluding hydrogens is 334 g/mol. The van der Waals surface area contributed by atoms with Crippen molar-refractivity contribution in [3.8, 4) is 5.69 Å². The van der Waals surface area contributed by atoms with Crippen molar-refractivity contribution in [2.45, 2.75) is 24.9 Å². The number of aromatic nitrogens is 3. The van der Waals surface area contributed by atoms with Crippen molar-refractivity contribution >= 4 is 45.7 Å². The summed E-state index contributed by atoms with van der Waals surface area (Å²) in [5.74, 6) is 0.946. The first-order valence-electron chi connectivity index (χ1n) is 7.05. The number of hydrogen-bond donors (Lipinski definition) is 1. The smallest absolute Gasteiger partial charge is 0.271 e. The molecular formula is C15H15N3OS3. The van der Waals surface area contributed by atoms with E-state index >= 15 is 0 Å². The summed E-state index contributed by atoms with van der Waals surface area (Å²) in [6, 6.07) is 9.78. The van der Waals surface area contributed by atoms with Crippen LogP contribution < -0.4 is 5.56 Å². The maximum absolute atomic E-state index is 12.3. The molecule has 22 heavy (non-hydrogen) atoms. The fourth-order valence-corrected chi connectivity index (χ4v) is 4.29. The Morgan fingerprint density at radius 2 is 2.14 bits per heavy atom. The highest BCUT2D eigenvalue weighted by Gasteiger charge is 2.13. The van der Waals surface area contributed by atoms with Crippen molar-refractivity contribution in [1.82, 2.24) is 14.5 Å². The van der Waals surface area contributed by atoms with Crippen LogP contribution in [-0.2, 0) is 0 Å². The van der Waals surface area contributed by atoms with Crippen LogP contribution in [0.15, 0.2) is 40.3 Å². The highest BCUT2D eigenvalue weighted by Crippen LogP contribution is 2.24. The zero-order valence-electron chi connectivity index (χ0n) is 12.0. The van der Waals surface area contributed by atoms with Crippen LogP contribution in [0.2, 0.25) is 0 Å². The van der Waals surface area contributed by atoms with Crippen LogP contribution in [0.4, 0.5) is 0 Å². The number of fused-ring (bicyclic) bond motifs is 1. The Morgan fingerprint density at radius 3 is 2.86 bits per heavy atom. The highest BCUT2D eigenvalue weighted by atomic mass is 32.2. The number of nitrogens with zero attached hydrogens (tertiary/aromatic N) is 2. The summed E-state index contributed by atoms with van der Waals surface area (Å²) in [4.78, 5) is 19.7. The zero-order valence-corrected chi connectivity index (χ0v) is 14.5. The van der Waals surface area contributed by atoms with Gasteiger partial charge in [0, 0.05) is 11.4 Å². The number of thioether (sulfide) groups is 1. The molecule has 3 aromatic rings. The molecule has 3 rings (SSSR count). The molecule has 0 spiro atoms. The van der Waals surface area contributed by atoms with Gasteiger partial charge in [0.05, 0.1) is 0 Å². The third-order valence-electron chi connectivity index (χ3n) is 3.17. The second-order valence-corrected chi connectivity index (χ2v) is 7.49. The highest BCUT2D eigenvalue weighted by molar-refractivity contribution is 7.99. The van der Waals surface area contributed by atoms with Gasteiger partial charge in [0.25, 0.3) is 5.56 Å². The maximum Gasteiger partial charge on any atom is 0.271 e. The number of unbranched alkanes of at least 4 members (excludes halogenated alkanes) is 1. The first-order chi connectivity index (χ1) is 10.7. The predicted octanol–water partition coefficient (Wildman–Crippen LogP) is 4.40. The van der Waals surface area contributed by atoms with Crippen LogP contribution in [0.3, 0.4) is 0 Å². The molecule has 0 aliphatic rings. The molecule has 0 radical (unpaired) electrons. The van der Waals surface area contributed by atoms with Crippen LogP contribution in [0.5, 0.6) is 0 Å². The molecule has 1 N–H and O–H groups in total. The number of aromatic amines is 1. The number of nitrogens with one attached hydrogen (secondary N) is 1. The van der Waals surface area contributed by atoms with Gasteiger partial charge < -0.3 is 4.98 Å². The Labute approximate surface area is 141 Å². The number of rotatable bonds is 5. The van der Waals surface area contributed by atoms with Crippen molar-refractivity contribution in [3.05, 3.63) is 44.6 Å². The minimum atomic E-state index is -0.116. The molecule has 0 saturated carbocycles. The summed E-state index contributed by atoms with van der Waals surface area (Å²) in [7, 11) is 0. The van der Waals surface area contributed by atoms with Crippen molar-refractivity contribution in [3.63, 3.8) is 0 Å². The van der Waals surface area contributed by atoms with Crippen molar-refractivity contribution < 1.29 is 0 Å². The number of H-pyrrole nitrogens is 1. The van der Waals surface area contributed by atoms with E-state index < -0.39 is 0 Å². The van der Waals surface area contributed by atoms with Crippen LogP contribution in [0, 0.1) is 3.95 Å². The van der Waals surface area contributed by atoms with Gasteiger partial charge in [-0.25, -0.2) is 4.98 Å². The van der Waals surface area contributed by atoms with Gasteiger partial charge in [-0.05, 0) is 30.8 Å². The van der Waals surface area contributed by atoms with Gasteiger partial charge in [-0.3, -0.25) is 9.36 Å². The van der Waals surface area contributed by atoms with Gasteiger partial charge in [0.2, 0.25) is 0 Å². The number of para-hydroxylation sites is 1. The molecule has 0 bridgehead atoms. The molecule has 0 atom stereocenters. The van der Waals surface area contributed by atoms with Gasteiger partial charge >= 0.3 is 0 Å². The first kappa shape index (κ1) is 15.5. The minimum Gasteiger partial charge on any atom is -0.300 e. The lowest BCUT2D eigenvalue weighted by atomic mass is 10.3. The summed E-state index contributed by atoms with van der Waals surface area (Å²) in [6.45, 7) is 2.14. The summed E-state index contributed by atoms with van der Waals surface area (Å²) in [5, 5.41) is 0.656. The second kappa shape index (κ2) is 6.76. The van der Waals surface area contributed by atoms with E-state index in [0.29, 0.717) is 19.5 Å². The molecule has 7 heteroatoms. The van der Waals surface area contributed by atoms with Gasteiger partial charge in [-0.1, -0.05) is 54.6 Å². The summed E-state index contributed by atoms with van der Waals surface area (Å²) in [5.41, 5.74) is 1.46. The predicted molar refractivity (Wildman–Crippen MR) is 96.0 cm³/mol. The summed E-state index contributed by atoms with van der Waals surface area (Å²) in [6.07, 6.45) is 2.22. The van der Waals surface area contributed by atoms with E-state index in [0.717, 1.165) is 24.3 Å². The van der Waals surface area contributed by atoms with E-state index in [-0.39, 0.29) is 5.56 Å². The van der Waals surface area contributed by atoms with Gasteiger partial charge in [-0.2, -0.15) is 0 Å². The van der Waals surface area contributed by atoms with Crippen LogP contribution in [0.25, 0.3) is 16.0 Å². The van der Waals surface area contributed by atoms with E-state index in [4.69, 9.17) is 12.2 Å². The van der Waals surface area contributed by atoms with Gasteiger partial charge in [0.1, 0.15) is 4.70 Å². The Balaban J connectivity index is 2.15. The quantitative estimate of drug-likeness (QED) is 0.321. The lowest BCUT2D eigenvalue weighted by molar-refractivity contribution is 0.886. The Morgan fingerprint density at radius 1 is 1.36 bits per heavy atom. The average Bonchev–Trinajstić information content (AvgIpc) is 2.85. The number of hydrogen-bond acceptors (Lipinski definition) is 5. The molecule has 4 nitrogen and oxygen atoms in total. The first-order valence-corrected chi connectivity index (χ1v) is 9.26. The zero-order chi connectivity index (χ0) is 15.5. The molecule has 0 aliphatic heterocycles. The van der Waals surface area contributed by atoms with E-state index in [1.165, 1.54) is 11.3 Å². The molecule has 0 aliphatic carbocycles. The molecule has 1 aromatic carbocycles. The lowest BCUT2D eigenvalue weighted by Crippen LogP contribution is -2.09. The maximum atomic E-state index is 12.3. The van der Waals surface area contributed by atoms with Crippen LogP contribution in [-0.4, -0.2) is 20.3 Å². The van der Waals surface area contributed by atoms with Crippen molar-refractivity contribution in [1.29, 1.82) is 0 Å². The third kappa shape index (κ3) is 3.02. The topological polar surface area (TPSA) is 50.7 Å². The lowest BCUT2D eigenvalue weighted by Gasteiger charge is -2.05. The molecule has 2 aromatic heterocycles. The van der Waals surface area contributed by atoms with Crippen molar-refractivity contribution in [2.24, 2.45) is 0 Å². The monoisotopic (exact) mass is 349 g/mol. The Bertz CT molecular complexity index is 896. The van der Waals surface area contributed by atoms with E-state index in [1.807, 2.05) is 34.9 Å².